The molecule has 1 unspecified atom stereocenters. The van der Waals surface area contributed by atoms with Crippen LogP contribution in [0.3, 0.4) is 0 Å². The highest BCUT2D eigenvalue weighted by Crippen LogP contribution is 2.06. The molecule has 0 N–H and O–H groups in total. The van der Waals surface area contributed by atoms with Crippen molar-refractivity contribution in [1.82, 2.24) is 0 Å². The molecular weight excluding hydrogens is 200 g/mol. The summed E-state index contributed by atoms with van der Waals surface area (Å²) in [7, 11) is 0. The second kappa shape index (κ2) is 9.08. The second-order valence-electron chi connectivity index (χ2n) is 4.12. The maximum Gasteiger partial charge on any atom is 0.155 e. The first-order valence-corrected chi connectivity index (χ1v) is 6.00. The normalized spacial score (nSPS) is 13.4. The summed E-state index contributed by atoms with van der Waals surface area (Å²) in [4.78, 5) is 22.5. The fourth-order valence-corrected chi connectivity index (χ4v) is 1.21. The highest BCUT2D eigenvalue weighted by atomic mass is 16.1. The molecule has 1 atom stereocenters. The van der Waals surface area contributed by atoms with Crippen LogP contribution in [0.1, 0.15) is 46.5 Å². The lowest BCUT2D eigenvalue weighted by atomic mass is 10.0. The van der Waals surface area contributed by atoms with Crippen LogP contribution in [0, 0.1) is 5.92 Å². The van der Waals surface area contributed by atoms with E-state index in [0.717, 1.165) is 12.8 Å². The van der Waals surface area contributed by atoms with Gasteiger partial charge in [0.25, 0.3) is 0 Å². The number of rotatable bonds is 8. The van der Waals surface area contributed by atoms with Crippen molar-refractivity contribution in [3.05, 3.63) is 24.3 Å². The molecule has 0 spiro atoms. The van der Waals surface area contributed by atoms with Crippen molar-refractivity contribution in [2.24, 2.45) is 5.92 Å². The van der Waals surface area contributed by atoms with Crippen LogP contribution in [-0.4, -0.2) is 11.6 Å². The Bertz CT molecular complexity index is 274. The fourth-order valence-electron chi connectivity index (χ4n) is 1.21. The molecule has 0 saturated heterocycles. The summed E-state index contributed by atoms with van der Waals surface area (Å²) in [6.07, 6.45) is 9.41. The molecule has 90 valence electrons. The van der Waals surface area contributed by atoms with E-state index < -0.39 is 0 Å². The largest absolute Gasteiger partial charge is 0.295 e. The fraction of sp³-hybridized carbons (Fsp3) is 0.571. The first-order chi connectivity index (χ1) is 7.60. The molecule has 0 heterocycles. The minimum absolute atomic E-state index is 0.113. The summed E-state index contributed by atoms with van der Waals surface area (Å²) in [5.74, 6) is 0.673. The maximum atomic E-state index is 11.4. The highest BCUT2D eigenvalue weighted by molar-refractivity contribution is 5.91. The van der Waals surface area contributed by atoms with Crippen molar-refractivity contribution in [2.75, 3.05) is 0 Å². The van der Waals surface area contributed by atoms with Gasteiger partial charge in [-0.1, -0.05) is 39.3 Å². The van der Waals surface area contributed by atoms with Crippen molar-refractivity contribution in [1.29, 1.82) is 0 Å². The van der Waals surface area contributed by atoms with Gasteiger partial charge in [-0.15, -0.1) is 0 Å². The smallest absolute Gasteiger partial charge is 0.155 e. The van der Waals surface area contributed by atoms with Crippen LogP contribution >= 0.6 is 0 Å². The average Bonchev–Trinajstić information content (AvgIpc) is 2.24. The average molecular weight is 222 g/mol. The van der Waals surface area contributed by atoms with Gasteiger partial charge in [0.2, 0.25) is 0 Å². The van der Waals surface area contributed by atoms with E-state index in [1.807, 2.05) is 6.92 Å². The van der Waals surface area contributed by atoms with Gasteiger partial charge in [0, 0.05) is 12.8 Å². The van der Waals surface area contributed by atoms with Crippen molar-refractivity contribution in [2.45, 2.75) is 46.5 Å². The molecule has 0 bridgehead atoms. The van der Waals surface area contributed by atoms with Crippen LogP contribution in [0.4, 0.5) is 0 Å². The lowest BCUT2D eigenvalue weighted by Gasteiger charge is -2.02. The molecule has 16 heavy (non-hydrogen) atoms. The number of hydrogen-bond acceptors (Lipinski definition) is 2. The Hall–Kier alpha value is -1.18. The molecule has 0 aliphatic heterocycles. The number of carbonyl (C=O) groups excluding carboxylic acids is 2. The van der Waals surface area contributed by atoms with E-state index in [0.29, 0.717) is 18.8 Å². The minimum atomic E-state index is 0.113. The predicted molar refractivity (Wildman–Crippen MR) is 67.3 cm³/mol. The van der Waals surface area contributed by atoms with E-state index in [4.69, 9.17) is 0 Å². The van der Waals surface area contributed by atoms with Crippen LogP contribution < -0.4 is 0 Å². The standard InChI is InChI=1S/C14H22O2/c1-4-8-13(15)9-6-7-10-14(16)11-12(3)5-2/h6-7,9-10,12H,4-5,8,11H2,1-3H3. The Morgan fingerprint density at radius 2 is 1.62 bits per heavy atom. The number of carbonyl (C=O) groups is 2. The number of allylic oxidation sites excluding steroid dienone is 4. The van der Waals surface area contributed by atoms with E-state index in [1.165, 1.54) is 6.08 Å². The summed E-state index contributed by atoms with van der Waals surface area (Å²) in [5, 5.41) is 0. The molecule has 0 rings (SSSR count). The summed E-state index contributed by atoms with van der Waals surface area (Å²) in [5.41, 5.74) is 0. The van der Waals surface area contributed by atoms with E-state index in [2.05, 4.69) is 13.8 Å². The minimum Gasteiger partial charge on any atom is -0.295 e. The third-order valence-corrected chi connectivity index (χ3v) is 2.42. The van der Waals surface area contributed by atoms with Crippen molar-refractivity contribution >= 4 is 11.6 Å². The zero-order valence-electron chi connectivity index (χ0n) is 10.5. The van der Waals surface area contributed by atoms with Gasteiger partial charge in [0.1, 0.15) is 0 Å². The van der Waals surface area contributed by atoms with Crippen molar-refractivity contribution in [3.63, 3.8) is 0 Å². The SMILES string of the molecule is CCCC(=O)C=CC=CC(=O)CC(C)CC. The van der Waals surface area contributed by atoms with Gasteiger partial charge in [0.15, 0.2) is 11.6 Å². The van der Waals surface area contributed by atoms with Gasteiger partial charge in [-0.3, -0.25) is 9.59 Å². The van der Waals surface area contributed by atoms with Gasteiger partial charge in [-0.05, 0) is 24.5 Å². The van der Waals surface area contributed by atoms with Crippen LogP contribution in [0.2, 0.25) is 0 Å². The summed E-state index contributed by atoms with van der Waals surface area (Å²) >= 11 is 0. The molecule has 0 amide bonds. The first-order valence-electron chi connectivity index (χ1n) is 6.00. The molecule has 0 aromatic heterocycles. The maximum absolute atomic E-state index is 11.4. The summed E-state index contributed by atoms with van der Waals surface area (Å²) in [6, 6.07) is 0. The van der Waals surface area contributed by atoms with Crippen LogP contribution in [0.25, 0.3) is 0 Å². The molecule has 0 aliphatic rings. The van der Waals surface area contributed by atoms with E-state index in [1.54, 1.807) is 18.2 Å². The zero-order valence-corrected chi connectivity index (χ0v) is 10.5. The van der Waals surface area contributed by atoms with E-state index >= 15 is 0 Å². The third kappa shape index (κ3) is 8.16. The van der Waals surface area contributed by atoms with Gasteiger partial charge >= 0.3 is 0 Å². The lowest BCUT2D eigenvalue weighted by molar-refractivity contribution is -0.116. The van der Waals surface area contributed by atoms with Gasteiger partial charge in [-0.2, -0.15) is 0 Å². The monoisotopic (exact) mass is 222 g/mol. The van der Waals surface area contributed by atoms with Gasteiger partial charge in [-0.25, -0.2) is 0 Å². The lowest BCUT2D eigenvalue weighted by Crippen LogP contribution is -2.00. The number of ketones is 2. The Balaban J connectivity index is 3.91. The molecule has 0 fully saturated rings. The van der Waals surface area contributed by atoms with Crippen LogP contribution in [0.15, 0.2) is 24.3 Å². The molecule has 0 aliphatic carbocycles. The molecule has 2 nitrogen and oxygen atoms in total. The van der Waals surface area contributed by atoms with E-state index in [-0.39, 0.29) is 11.6 Å². The number of hydrogen-bond donors (Lipinski definition) is 0. The molecule has 0 aromatic carbocycles. The molecular formula is C14H22O2. The Morgan fingerprint density at radius 3 is 2.12 bits per heavy atom. The van der Waals surface area contributed by atoms with Crippen molar-refractivity contribution < 1.29 is 9.59 Å². The molecule has 0 saturated carbocycles. The zero-order chi connectivity index (χ0) is 12.4. The molecule has 0 aromatic rings. The Kier molecular flexibility index (Phi) is 8.41. The first kappa shape index (κ1) is 14.8. The third-order valence-electron chi connectivity index (χ3n) is 2.42. The van der Waals surface area contributed by atoms with Crippen LogP contribution in [0.5, 0.6) is 0 Å². The summed E-state index contributed by atoms with van der Waals surface area (Å²) < 4.78 is 0. The summed E-state index contributed by atoms with van der Waals surface area (Å²) in [6.45, 7) is 6.11. The van der Waals surface area contributed by atoms with Crippen molar-refractivity contribution in [3.8, 4) is 0 Å². The second-order valence-corrected chi connectivity index (χ2v) is 4.12. The Morgan fingerprint density at radius 1 is 1.06 bits per heavy atom. The molecule has 0 radical (unpaired) electrons. The highest BCUT2D eigenvalue weighted by Gasteiger charge is 2.02. The van der Waals surface area contributed by atoms with Gasteiger partial charge < -0.3 is 0 Å². The Labute approximate surface area is 98.4 Å². The quantitative estimate of drug-likeness (QED) is 0.465. The predicted octanol–water partition coefficient (Wildman–Crippen LogP) is 3.47. The van der Waals surface area contributed by atoms with Gasteiger partial charge in [0.05, 0.1) is 0 Å². The van der Waals surface area contributed by atoms with Crippen LogP contribution in [-0.2, 0) is 9.59 Å². The van der Waals surface area contributed by atoms with E-state index in [9.17, 15) is 9.59 Å². The molecule has 2 heteroatoms. The topological polar surface area (TPSA) is 34.1 Å².